The van der Waals surface area contributed by atoms with Crippen molar-refractivity contribution < 1.29 is 19.1 Å². The van der Waals surface area contributed by atoms with Crippen molar-refractivity contribution >= 4 is 74.9 Å². The Kier molecular flexibility index (Phi) is 22.2. The number of hydrogen-bond acceptors (Lipinski definition) is 4. The number of halogens is 1. The molecule has 2 fully saturated rings. The minimum atomic E-state index is -2.21. The first-order valence-corrected chi connectivity index (χ1v) is 28.9. The molecule has 7 heteroatoms. The predicted molar refractivity (Wildman–Crippen MR) is 298 cm³/mol. The second kappa shape index (κ2) is 27.7. The van der Waals surface area contributed by atoms with Crippen LogP contribution in [0.4, 0.5) is 0 Å². The van der Waals surface area contributed by atoms with Gasteiger partial charge in [-0.2, -0.15) is 0 Å². The molecule has 0 amide bonds. The van der Waals surface area contributed by atoms with Gasteiger partial charge in [-0.15, -0.1) is 0 Å². The van der Waals surface area contributed by atoms with Crippen molar-refractivity contribution in [3.63, 3.8) is 0 Å². The van der Waals surface area contributed by atoms with Gasteiger partial charge < -0.3 is 9.47 Å². The molecule has 0 radical (unpaired) electrons. The summed E-state index contributed by atoms with van der Waals surface area (Å²) >= 11 is 3.14. The Morgan fingerprint density at radius 2 is 0.794 bits per heavy atom. The van der Waals surface area contributed by atoms with Crippen LogP contribution < -0.4 is 31.8 Å². The van der Waals surface area contributed by atoms with Gasteiger partial charge in [0.1, 0.15) is 40.7 Å². The van der Waals surface area contributed by atoms with Gasteiger partial charge in [0.05, 0.1) is 0 Å². The van der Waals surface area contributed by atoms with Crippen LogP contribution in [-0.4, -0.2) is 35.6 Å². The van der Waals surface area contributed by atoms with Crippen LogP contribution in [0.5, 0.6) is 0 Å². The molecule has 0 aliphatic heterocycles. The fourth-order valence-electron chi connectivity index (χ4n) is 10.0. The number of carbonyl (C=O) groups excluding carboxylic acids is 2. The highest BCUT2D eigenvalue weighted by Gasteiger charge is 2.48. The molecule has 8 rings (SSSR count). The van der Waals surface area contributed by atoms with E-state index >= 15 is 0 Å². The maximum atomic E-state index is 13.7. The minimum Gasteiger partial charge on any atom is -0.461 e. The average molecular weight is 1020 g/mol. The van der Waals surface area contributed by atoms with Gasteiger partial charge in [-0.25, -0.2) is 4.79 Å². The number of alkyl halides is 1. The van der Waals surface area contributed by atoms with Crippen LogP contribution in [0.3, 0.4) is 0 Å². The van der Waals surface area contributed by atoms with E-state index in [1.165, 1.54) is 51.1 Å². The normalized spacial score (nSPS) is 20.1. The molecule has 0 bridgehead atoms. The summed E-state index contributed by atoms with van der Waals surface area (Å²) in [5.41, 5.74) is 0. The van der Waals surface area contributed by atoms with Gasteiger partial charge in [0.25, 0.3) is 0 Å². The number of esters is 2. The van der Waals surface area contributed by atoms with E-state index in [0.717, 1.165) is 19.3 Å². The van der Waals surface area contributed by atoms with Crippen molar-refractivity contribution in [2.45, 2.75) is 99.7 Å². The molecule has 2 saturated carbocycles. The Morgan fingerprint density at radius 1 is 0.500 bits per heavy atom. The smallest absolute Gasteiger partial charge is 0.345 e. The molecule has 0 spiro atoms. The number of hydrogen-bond donors (Lipinski definition) is 0. The largest absolute Gasteiger partial charge is 0.461 e. The highest BCUT2D eigenvalue weighted by molar-refractivity contribution is 9.09. The second-order valence-corrected chi connectivity index (χ2v) is 25.4. The van der Waals surface area contributed by atoms with Gasteiger partial charge >= 0.3 is 11.9 Å². The third-order valence-electron chi connectivity index (χ3n) is 13.6. The zero-order chi connectivity index (χ0) is 47.6. The van der Waals surface area contributed by atoms with Gasteiger partial charge in [0.15, 0.2) is 6.16 Å². The Balaban J connectivity index is 0.000000209. The van der Waals surface area contributed by atoms with Crippen LogP contribution in [0.2, 0.25) is 0 Å². The van der Waals surface area contributed by atoms with Crippen LogP contribution in [0.25, 0.3) is 0 Å². The fourth-order valence-corrected chi connectivity index (χ4v) is 16.4. The molecule has 2 aliphatic carbocycles. The zero-order valence-electron chi connectivity index (χ0n) is 40.5. The molecule has 0 saturated heterocycles. The van der Waals surface area contributed by atoms with Crippen molar-refractivity contribution in [1.29, 1.82) is 0 Å². The van der Waals surface area contributed by atoms with E-state index in [0.29, 0.717) is 47.0 Å². The zero-order valence-corrected chi connectivity index (χ0v) is 43.9. The number of benzene rings is 6. The Morgan fingerprint density at radius 3 is 1.09 bits per heavy atom. The summed E-state index contributed by atoms with van der Waals surface area (Å²) < 4.78 is 11.8. The van der Waals surface area contributed by atoms with Crippen LogP contribution in [-0.2, 0) is 19.1 Å². The maximum Gasteiger partial charge on any atom is 0.345 e. The van der Waals surface area contributed by atoms with Gasteiger partial charge in [-0.3, -0.25) is 4.79 Å². The highest BCUT2D eigenvalue weighted by Crippen LogP contribution is 2.55. The highest BCUT2D eigenvalue weighted by atomic mass is 79.9. The molecular weight excluding hydrogens is 939 g/mol. The van der Waals surface area contributed by atoms with Crippen molar-refractivity contribution in [2.24, 2.45) is 35.5 Å². The standard InChI is InChI=1S/C30H36O2P.C18H15P.C12H21BrO2.CH4/c1-23(2)28-20-19-24(3)21-29(28)32-30(31)22-33(25-13-7-4-8-14-25,26-15-9-5-10-16-26)27-17-11-6-12-18-27;1-4-10-16(11-5-1)19(17-12-6-2-7-13-17)18-14-8-3-9-15-18;1-8(2)10-5-4-9(3)6-11(10)15-12(14)7-13;/h4-18,23-24,28-29H,19-22H2,1-3H3;1-15H;8-11H,4-7H2,1-3H3;1H4/q+1;;;/t24-,28+,29-;;9-,10+,11-;/m1.1./s1. The fraction of sp³-hybridized carbons (Fsp3) is 0.377. The number of ether oxygens (including phenoxy) is 2. The summed E-state index contributed by atoms with van der Waals surface area (Å²) in [6, 6.07) is 64.0. The van der Waals surface area contributed by atoms with Crippen molar-refractivity contribution in [3.8, 4) is 0 Å². The van der Waals surface area contributed by atoms with E-state index in [2.05, 4.69) is 221 Å². The number of carbonyl (C=O) groups is 2. The average Bonchev–Trinajstić information content (AvgIpc) is 3.35. The third kappa shape index (κ3) is 15.1. The molecule has 6 aromatic rings. The van der Waals surface area contributed by atoms with Crippen LogP contribution in [0.15, 0.2) is 182 Å². The molecule has 0 aromatic heterocycles. The minimum absolute atomic E-state index is 0. The monoisotopic (exact) mass is 1010 g/mol. The van der Waals surface area contributed by atoms with E-state index in [1.54, 1.807) is 0 Å². The molecule has 6 atom stereocenters. The SMILES string of the molecule is C.CC(C)[C@@H]1CC[C@@H](C)C[C@H]1OC(=O)CBr.CC(C)[C@@H]1CC[C@@H](C)C[C@H]1OC(=O)C[P+](c1ccccc1)(c1ccccc1)c1ccccc1.c1ccc(P(c2ccccc2)c2ccccc2)cc1. The van der Waals surface area contributed by atoms with E-state index in [4.69, 9.17) is 9.47 Å². The molecule has 68 heavy (non-hydrogen) atoms. The molecule has 0 N–H and O–H groups in total. The molecule has 360 valence electrons. The van der Waals surface area contributed by atoms with E-state index in [1.807, 2.05) is 18.2 Å². The van der Waals surface area contributed by atoms with Crippen molar-refractivity contribution in [1.82, 2.24) is 0 Å². The van der Waals surface area contributed by atoms with Gasteiger partial charge in [0.2, 0.25) is 0 Å². The first-order chi connectivity index (χ1) is 32.5. The van der Waals surface area contributed by atoms with Crippen molar-refractivity contribution in [3.05, 3.63) is 182 Å². The topological polar surface area (TPSA) is 52.6 Å². The van der Waals surface area contributed by atoms with Gasteiger partial charge in [0, 0.05) is 0 Å². The molecule has 2 aliphatic rings. The Labute approximate surface area is 420 Å². The second-order valence-electron chi connectivity index (χ2n) is 19.2. The first kappa shape index (κ1) is 54.5. The lowest BCUT2D eigenvalue weighted by atomic mass is 9.75. The Hall–Kier alpha value is -4.40. The maximum absolute atomic E-state index is 13.7. The summed E-state index contributed by atoms with van der Waals surface area (Å²) in [6.45, 7) is 13.5. The summed E-state index contributed by atoms with van der Waals surface area (Å²) in [7, 11) is -2.66. The molecule has 0 heterocycles. The van der Waals surface area contributed by atoms with E-state index < -0.39 is 15.2 Å². The lowest BCUT2D eigenvalue weighted by Gasteiger charge is -2.37. The van der Waals surface area contributed by atoms with Crippen LogP contribution >= 0.6 is 31.1 Å². The molecule has 0 unspecified atom stereocenters. The molecule has 4 nitrogen and oxygen atoms in total. The molecular formula is C61H76BrO4P2+. The van der Waals surface area contributed by atoms with Gasteiger partial charge in [-0.05, 0) is 121 Å². The summed E-state index contributed by atoms with van der Waals surface area (Å²) in [5.74, 6) is 3.22. The molecule has 6 aromatic carbocycles. The number of rotatable bonds is 13. The summed E-state index contributed by atoms with van der Waals surface area (Å²) in [6.07, 6.45) is 7.39. The van der Waals surface area contributed by atoms with Crippen molar-refractivity contribution in [2.75, 3.05) is 11.5 Å². The lowest BCUT2D eigenvalue weighted by molar-refractivity contribution is -0.153. The lowest BCUT2D eigenvalue weighted by Crippen LogP contribution is -2.40. The Bertz CT molecular complexity index is 2140. The first-order valence-electron chi connectivity index (χ1n) is 24.4. The quantitative estimate of drug-likeness (QED) is 0.0657. The van der Waals surface area contributed by atoms with Gasteiger partial charge in [-0.1, -0.05) is 223 Å². The van der Waals surface area contributed by atoms with E-state index in [9.17, 15) is 9.59 Å². The predicted octanol–water partition coefficient (Wildman–Crippen LogP) is 13.5. The third-order valence-corrected chi connectivity index (χ3v) is 20.8. The summed E-state index contributed by atoms with van der Waals surface area (Å²) in [5, 5.41) is 8.16. The van der Waals surface area contributed by atoms with Crippen LogP contribution in [0.1, 0.15) is 87.5 Å². The summed E-state index contributed by atoms with van der Waals surface area (Å²) in [4.78, 5) is 25.0. The van der Waals surface area contributed by atoms with Crippen LogP contribution in [0, 0.1) is 35.5 Å². The van der Waals surface area contributed by atoms with E-state index in [-0.39, 0.29) is 31.6 Å².